The predicted octanol–water partition coefficient (Wildman–Crippen LogP) is 1.45. The summed E-state index contributed by atoms with van der Waals surface area (Å²) in [6.45, 7) is 3.62. The van der Waals surface area contributed by atoms with Crippen molar-refractivity contribution < 1.29 is 9.90 Å². The van der Waals surface area contributed by atoms with E-state index in [1.54, 1.807) is 16.2 Å². The zero-order valence-electron chi connectivity index (χ0n) is 12.8. The molecule has 1 atom stereocenters. The molecule has 2 aliphatic heterocycles. The second-order valence-corrected chi connectivity index (χ2v) is 6.81. The Morgan fingerprint density at radius 3 is 2.95 bits per heavy atom. The van der Waals surface area contributed by atoms with Crippen LogP contribution in [0.25, 0.3) is 0 Å². The van der Waals surface area contributed by atoms with Crippen LogP contribution in [0.1, 0.15) is 31.4 Å². The van der Waals surface area contributed by atoms with Crippen molar-refractivity contribution in [3.8, 4) is 0 Å². The number of hydrogen-bond donors (Lipinski definition) is 2. The zero-order chi connectivity index (χ0) is 15.4. The van der Waals surface area contributed by atoms with Crippen molar-refractivity contribution in [3.63, 3.8) is 0 Å². The lowest BCUT2D eigenvalue weighted by atomic mass is 10.2. The Morgan fingerprint density at radius 1 is 1.36 bits per heavy atom. The van der Waals surface area contributed by atoms with E-state index in [0.29, 0.717) is 6.54 Å². The van der Waals surface area contributed by atoms with Gasteiger partial charge in [-0.1, -0.05) is 0 Å². The number of nitrogens with one attached hydrogen (secondary N) is 1. The Balaban J connectivity index is 1.44. The van der Waals surface area contributed by atoms with Crippen LogP contribution in [0.15, 0.2) is 5.38 Å². The summed E-state index contributed by atoms with van der Waals surface area (Å²) in [6.07, 6.45) is 5.15. The van der Waals surface area contributed by atoms with Gasteiger partial charge in [0.1, 0.15) is 0 Å². The molecule has 2 N–H and O–H groups in total. The Labute approximate surface area is 135 Å². The van der Waals surface area contributed by atoms with E-state index in [2.05, 4.69) is 20.6 Å². The number of carbonyl (C=O) groups is 1. The van der Waals surface area contributed by atoms with Gasteiger partial charge < -0.3 is 20.2 Å². The minimum absolute atomic E-state index is 0.0129. The van der Waals surface area contributed by atoms with Gasteiger partial charge in [-0.05, 0) is 25.7 Å². The summed E-state index contributed by atoms with van der Waals surface area (Å²) in [5, 5.41) is 15.4. The molecule has 0 unspecified atom stereocenters. The molecule has 122 valence electrons. The summed E-state index contributed by atoms with van der Waals surface area (Å²) in [5.41, 5.74) is 1.05. The molecule has 0 bridgehead atoms. The van der Waals surface area contributed by atoms with Crippen LogP contribution in [0, 0.1) is 0 Å². The van der Waals surface area contributed by atoms with Gasteiger partial charge in [-0.15, -0.1) is 11.3 Å². The SMILES string of the molecule is O=C(NCCc1csc(N2CCCC2)n1)N1CCC[C@H]1CO. The lowest BCUT2D eigenvalue weighted by Crippen LogP contribution is -2.44. The fourth-order valence-corrected chi connectivity index (χ4v) is 4.07. The Kier molecular flexibility index (Phi) is 5.15. The zero-order valence-corrected chi connectivity index (χ0v) is 13.6. The highest BCUT2D eigenvalue weighted by atomic mass is 32.1. The van der Waals surface area contributed by atoms with Crippen molar-refractivity contribution in [2.24, 2.45) is 0 Å². The molecule has 0 aliphatic carbocycles. The van der Waals surface area contributed by atoms with E-state index in [9.17, 15) is 9.90 Å². The number of aromatic nitrogens is 1. The summed E-state index contributed by atoms with van der Waals surface area (Å²) < 4.78 is 0. The Hall–Kier alpha value is -1.34. The molecule has 3 rings (SSSR count). The van der Waals surface area contributed by atoms with Crippen molar-refractivity contribution in [2.75, 3.05) is 37.7 Å². The first-order chi connectivity index (χ1) is 10.8. The van der Waals surface area contributed by atoms with Gasteiger partial charge >= 0.3 is 6.03 Å². The summed E-state index contributed by atoms with van der Waals surface area (Å²) >= 11 is 1.69. The molecule has 6 nitrogen and oxygen atoms in total. The number of aliphatic hydroxyl groups is 1. The van der Waals surface area contributed by atoms with E-state index in [-0.39, 0.29) is 18.7 Å². The van der Waals surface area contributed by atoms with Crippen molar-refractivity contribution in [1.29, 1.82) is 0 Å². The van der Waals surface area contributed by atoms with Gasteiger partial charge in [-0.2, -0.15) is 0 Å². The highest BCUT2D eigenvalue weighted by molar-refractivity contribution is 7.13. The molecule has 22 heavy (non-hydrogen) atoms. The lowest BCUT2D eigenvalue weighted by molar-refractivity contribution is 0.157. The number of anilines is 1. The lowest BCUT2D eigenvalue weighted by Gasteiger charge is -2.23. The average Bonchev–Trinajstić information content (AvgIpc) is 3.26. The Morgan fingerprint density at radius 2 is 2.18 bits per heavy atom. The number of rotatable bonds is 5. The van der Waals surface area contributed by atoms with Crippen LogP contribution in [0.5, 0.6) is 0 Å². The van der Waals surface area contributed by atoms with Gasteiger partial charge in [-0.3, -0.25) is 0 Å². The van der Waals surface area contributed by atoms with E-state index >= 15 is 0 Å². The van der Waals surface area contributed by atoms with Crippen molar-refractivity contribution in [2.45, 2.75) is 38.1 Å². The normalized spacial score (nSPS) is 21.6. The standard InChI is InChI=1S/C15H24N4O2S/c20-10-13-4-3-9-19(13)14(21)16-6-5-12-11-22-15(17-12)18-7-1-2-8-18/h11,13,20H,1-10H2,(H,16,21)/t13-/m0/s1. The van der Waals surface area contributed by atoms with Gasteiger partial charge in [0.25, 0.3) is 0 Å². The monoisotopic (exact) mass is 324 g/mol. The van der Waals surface area contributed by atoms with Crippen LogP contribution in [0.2, 0.25) is 0 Å². The molecule has 2 saturated heterocycles. The van der Waals surface area contributed by atoms with Gasteiger partial charge in [0.05, 0.1) is 18.3 Å². The maximum Gasteiger partial charge on any atom is 0.317 e. The highest BCUT2D eigenvalue weighted by Crippen LogP contribution is 2.24. The third kappa shape index (κ3) is 3.52. The Bertz CT molecular complexity index is 501. The topological polar surface area (TPSA) is 68.7 Å². The molecule has 2 amide bonds. The minimum Gasteiger partial charge on any atom is -0.394 e. The number of hydrogen-bond acceptors (Lipinski definition) is 5. The molecule has 0 aromatic carbocycles. The summed E-state index contributed by atoms with van der Waals surface area (Å²) in [4.78, 5) is 20.8. The van der Waals surface area contributed by atoms with Crippen LogP contribution >= 0.6 is 11.3 Å². The molecule has 0 saturated carbocycles. The first-order valence-electron chi connectivity index (χ1n) is 8.12. The number of nitrogens with zero attached hydrogens (tertiary/aromatic N) is 3. The van der Waals surface area contributed by atoms with Crippen molar-refractivity contribution in [3.05, 3.63) is 11.1 Å². The predicted molar refractivity (Wildman–Crippen MR) is 87.5 cm³/mol. The molecule has 1 aromatic rings. The molecular weight excluding hydrogens is 300 g/mol. The second kappa shape index (κ2) is 7.28. The molecule has 1 aromatic heterocycles. The van der Waals surface area contributed by atoms with E-state index < -0.39 is 0 Å². The quantitative estimate of drug-likeness (QED) is 0.860. The van der Waals surface area contributed by atoms with E-state index in [1.165, 1.54) is 12.8 Å². The number of aliphatic hydroxyl groups excluding tert-OH is 1. The first kappa shape index (κ1) is 15.6. The minimum atomic E-state index is -0.0634. The third-order valence-electron chi connectivity index (χ3n) is 4.42. The van der Waals surface area contributed by atoms with Crippen LogP contribution in [0.4, 0.5) is 9.93 Å². The van der Waals surface area contributed by atoms with Gasteiger partial charge in [0.2, 0.25) is 0 Å². The molecule has 2 fully saturated rings. The smallest absolute Gasteiger partial charge is 0.317 e. The number of likely N-dealkylation sites (tertiary alicyclic amines) is 1. The third-order valence-corrected chi connectivity index (χ3v) is 5.37. The number of urea groups is 1. The summed E-state index contributed by atoms with van der Waals surface area (Å²) in [7, 11) is 0. The summed E-state index contributed by atoms with van der Waals surface area (Å²) in [6, 6.07) is -0.0763. The molecule has 3 heterocycles. The summed E-state index contributed by atoms with van der Waals surface area (Å²) in [5.74, 6) is 0. The molecule has 0 spiro atoms. The van der Waals surface area contributed by atoms with Gasteiger partial charge in [0.15, 0.2) is 5.13 Å². The fraction of sp³-hybridized carbons (Fsp3) is 0.733. The van der Waals surface area contributed by atoms with Crippen LogP contribution in [0.3, 0.4) is 0 Å². The number of thiazole rings is 1. The van der Waals surface area contributed by atoms with E-state index in [1.807, 2.05) is 0 Å². The van der Waals surface area contributed by atoms with Crippen LogP contribution < -0.4 is 10.2 Å². The van der Waals surface area contributed by atoms with E-state index in [4.69, 9.17) is 0 Å². The van der Waals surface area contributed by atoms with Gasteiger partial charge in [0, 0.05) is 38.0 Å². The maximum absolute atomic E-state index is 12.1. The molecule has 2 aliphatic rings. The fourth-order valence-electron chi connectivity index (χ4n) is 3.16. The van der Waals surface area contributed by atoms with Crippen LogP contribution in [-0.4, -0.2) is 59.8 Å². The largest absolute Gasteiger partial charge is 0.394 e. The molecular formula is C15H24N4O2S. The van der Waals surface area contributed by atoms with Crippen molar-refractivity contribution in [1.82, 2.24) is 15.2 Å². The average molecular weight is 324 g/mol. The van der Waals surface area contributed by atoms with E-state index in [0.717, 1.165) is 49.7 Å². The second-order valence-electron chi connectivity index (χ2n) is 5.97. The van der Waals surface area contributed by atoms with Gasteiger partial charge in [-0.25, -0.2) is 9.78 Å². The molecule has 0 radical (unpaired) electrons. The number of amides is 2. The number of carbonyl (C=O) groups excluding carboxylic acids is 1. The van der Waals surface area contributed by atoms with Crippen molar-refractivity contribution >= 4 is 22.5 Å². The first-order valence-corrected chi connectivity index (χ1v) is 9.00. The van der Waals surface area contributed by atoms with Crippen LogP contribution in [-0.2, 0) is 6.42 Å². The highest BCUT2D eigenvalue weighted by Gasteiger charge is 2.27. The molecule has 7 heteroatoms. The maximum atomic E-state index is 12.1.